The van der Waals surface area contributed by atoms with Crippen molar-refractivity contribution in [2.24, 2.45) is 7.05 Å². The van der Waals surface area contributed by atoms with Gasteiger partial charge in [0, 0.05) is 31.4 Å². The van der Waals surface area contributed by atoms with Gasteiger partial charge in [0.25, 0.3) is 0 Å². The Bertz CT molecular complexity index is 1080. The van der Waals surface area contributed by atoms with Crippen LogP contribution in [0.25, 0.3) is 23.0 Å². The van der Waals surface area contributed by atoms with E-state index in [1.807, 2.05) is 18.5 Å². The second kappa shape index (κ2) is 8.74. The molecule has 4 aromatic rings. The SMILES string of the molecule is CCN(CC)c1ccc(-c2nnc(SC(C)c3nc(-c4ccco4)no3)n2C)cc1. The maximum absolute atomic E-state index is 5.41. The molecule has 0 saturated carbocycles. The molecule has 9 heteroatoms. The van der Waals surface area contributed by atoms with Crippen LogP contribution in [0, 0.1) is 0 Å². The molecule has 3 heterocycles. The minimum absolute atomic E-state index is 0.0815. The average molecular weight is 425 g/mol. The monoisotopic (exact) mass is 424 g/mol. The lowest BCUT2D eigenvalue weighted by Gasteiger charge is -2.21. The van der Waals surface area contributed by atoms with E-state index in [4.69, 9.17) is 8.94 Å². The summed E-state index contributed by atoms with van der Waals surface area (Å²) in [5.74, 6) is 2.35. The van der Waals surface area contributed by atoms with Crippen LogP contribution in [0.5, 0.6) is 0 Å². The molecule has 4 rings (SSSR count). The van der Waals surface area contributed by atoms with Crippen molar-refractivity contribution >= 4 is 17.4 Å². The number of hydrogen-bond donors (Lipinski definition) is 0. The van der Waals surface area contributed by atoms with Gasteiger partial charge in [0.05, 0.1) is 11.5 Å². The van der Waals surface area contributed by atoms with Crippen molar-refractivity contribution < 1.29 is 8.94 Å². The van der Waals surface area contributed by atoms with Gasteiger partial charge in [0.2, 0.25) is 11.7 Å². The topological polar surface area (TPSA) is 86.0 Å². The van der Waals surface area contributed by atoms with Gasteiger partial charge in [-0.05, 0) is 57.2 Å². The Balaban J connectivity index is 1.49. The first-order valence-corrected chi connectivity index (χ1v) is 10.8. The number of thioether (sulfide) groups is 1. The second-order valence-electron chi connectivity index (χ2n) is 6.78. The summed E-state index contributed by atoms with van der Waals surface area (Å²) in [7, 11) is 1.96. The fourth-order valence-electron chi connectivity index (χ4n) is 3.19. The van der Waals surface area contributed by atoms with Crippen LogP contribution in [0.3, 0.4) is 0 Å². The van der Waals surface area contributed by atoms with Gasteiger partial charge in [0.15, 0.2) is 16.7 Å². The molecule has 0 spiro atoms. The van der Waals surface area contributed by atoms with Crippen LogP contribution in [0.1, 0.15) is 31.9 Å². The number of furan rings is 1. The smallest absolute Gasteiger partial charge is 0.240 e. The predicted molar refractivity (Wildman–Crippen MR) is 116 cm³/mol. The van der Waals surface area contributed by atoms with E-state index in [0.717, 1.165) is 29.6 Å². The van der Waals surface area contributed by atoms with E-state index in [0.29, 0.717) is 17.5 Å². The molecule has 8 nitrogen and oxygen atoms in total. The van der Waals surface area contributed by atoms with E-state index < -0.39 is 0 Å². The van der Waals surface area contributed by atoms with Crippen LogP contribution in [-0.4, -0.2) is 38.0 Å². The second-order valence-corrected chi connectivity index (χ2v) is 8.09. The lowest BCUT2D eigenvalue weighted by Crippen LogP contribution is -2.21. The molecule has 0 radical (unpaired) electrons. The molecule has 3 aromatic heterocycles. The Morgan fingerprint density at radius 3 is 2.53 bits per heavy atom. The highest BCUT2D eigenvalue weighted by molar-refractivity contribution is 7.99. The fourth-order valence-corrected chi connectivity index (χ4v) is 4.04. The molecular weight excluding hydrogens is 400 g/mol. The molecule has 1 unspecified atom stereocenters. The van der Waals surface area contributed by atoms with E-state index in [1.165, 1.54) is 17.4 Å². The summed E-state index contributed by atoms with van der Waals surface area (Å²) in [6.45, 7) is 8.28. The first-order valence-electron chi connectivity index (χ1n) is 9.89. The van der Waals surface area contributed by atoms with Gasteiger partial charge in [-0.15, -0.1) is 10.2 Å². The van der Waals surface area contributed by atoms with Crippen molar-refractivity contribution in [1.29, 1.82) is 0 Å². The largest absolute Gasteiger partial charge is 0.461 e. The van der Waals surface area contributed by atoms with E-state index in [-0.39, 0.29) is 5.25 Å². The number of anilines is 1. The molecule has 156 valence electrons. The van der Waals surface area contributed by atoms with E-state index in [9.17, 15) is 0 Å². The summed E-state index contributed by atoms with van der Waals surface area (Å²) >= 11 is 1.52. The van der Waals surface area contributed by atoms with Crippen molar-refractivity contribution in [1.82, 2.24) is 24.9 Å². The molecule has 0 N–H and O–H groups in total. The van der Waals surface area contributed by atoms with E-state index in [2.05, 4.69) is 63.4 Å². The number of rotatable bonds is 8. The van der Waals surface area contributed by atoms with Gasteiger partial charge < -0.3 is 18.4 Å². The van der Waals surface area contributed by atoms with Crippen molar-refractivity contribution in [3.8, 4) is 23.0 Å². The van der Waals surface area contributed by atoms with Crippen LogP contribution < -0.4 is 4.90 Å². The van der Waals surface area contributed by atoms with Gasteiger partial charge in [-0.1, -0.05) is 16.9 Å². The quantitative estimate of drug-likeness (QED) is 0.372. The maximum atomic E-state index is 5.41. The summed E-state index contributed by atoms with van der Waals surface area (Å²) < 4.78 is 12.7. The van der Waals surface area contributed by atoms with Crippen LogP contribution in [0.4, 0.5) is 5.69 Å². The fraction of sp³-hybridized carbons (Fsp3) is 0.333. The first kappa shape index (κ1) is 20.2. The molecule has 0 fully saturated rings. The molecule has 0 amide bonds. The van der Waals surface area contributed by atoms with Gasteiger partial charge in [-0.3, -0.25) is 0 Å². The highest BCUT2D eigenvalue weighted by Crippen LogP contribution is 2.35. The third-order valence-electron chi connectivity index (χ3n) is 4.90. The van der Waals surface area contributed by atoms with Gasteiger partial charge in [-0.25, -0.2) is 0 Å². The van der Waals surface area contributed by atoms with Crippen molar-refractivity contribution in [2.75, 3.05) is 18.0 Å². The molecule has 1 atom stereocenters. The molecule has 30 heavy (non-hydrogen) atoms. The third-order valence-corrected chi connectivity index (χ3v) is 6.02. The number of aromatic nitrogens is 5. The standard InChI is InChI=1S/C21H24N6O2S/c1-5-27(6-2)16-11-9-15(10-12-16)19-23-24-21(26(19)4)30-14(3)20-22-18(25-29-20)17-8-7-13-28-17/h7-14H,5-6H2,1-4H3. The lowest BCUT2D eigenvalue weighted by molar-refractivity contribution is 0.379. The summed E-state index contributed by atoms with van der Waals surface area (Å²) in [5.41, 5.74) is 2.23. The van der Waals surface area contributed by atoms with Gasteiger partial charge in [-0.2, -0.15) is 4.98 Å². The molecule has 0 aliphatic heterocycles. The third kappa shape index (κ3) is 3.97. The number of hydrogen-bond acceptors (Lipinski definition) is 8. The molecule has 0 aliphatic carbocycles. The molecule has 0 saturated heterocycles. The Morgan fingerprint density at radius 1 is 1.10 bits per heavy atom. The summed E-state index contributed by atoms with van der Waals surface area (Å²) in [6.07, 6.45) is 1.58. The Kier molecular flexibility index (Phi) is 5.89. The van der Waals surface area contributed by atoms with Crippen molar-refractivity contribution in [3.63, 3.8) is 0 Å². The summed E-state index contributed by atoms with van der Waals surface area (Å²) in [6, 6.07) is 12.0. The average Bonchev–Trinajstić information content (AvgIpc) is 3.51. The minimum atomic E-state index is -0.0815. The van der Waals surface area contributed by atoms with Gasteiger partial charge >= 0.3 is 0 Å². The lowest BCUT2D eigenvalue weighted by atomic mass is 10.2. The van der Waals surface area contributed by atoms with Crippen LogP contribution in [0.2, 0.25) is 0 Å². The van der Waals surface area contributed by atoms with Crippen LogP contribution in [-0.2, 0) is 7.05 Å². The van der Waals surface area contributed by atoms with Gasteiger partial charge in [0.1, 0.15) is 0 Å². The molecule has 0 aliphatic rings. The molecule has 0 bridgehead atoms. The highest BCUT2D eigenvalue weighted by atomic mass is 32.2. The zero-order valence-corrected chi connectivity index (χ0v) is 18.3. The number of nitrogens with zero attached hydrogens (tertiary/aromatic N) is 6. The Hall–Kier alpha value is -3.07. The minimum Gasteiger partial charge on any atom is -0.461 e. The van der Waals surface area contributed by atoms with Crippen molar-refractivity contribution in [3.05, 3.63) is 48.6 Å². The van der Waals surface area contributed by atoms with E-state index in [1.54, 1.807) is 18.4 Å². The zero-order chi connectivity index (χ0) is 21.1. The maximum Gasteiger partial charge on any atom is 0.240 e. The number of benzene rings is 1. The van der Waals surface area contributed by atoms with Crippen LogP contribution >= 0.6 is 11.8 Å². The summed E-state index contributed by atoms with van der Waals surface area (Å²) in [4.78, 5) is 6.74. The Labute approximate surface area is 179 Å². The highest BCUT2D eigenvalue weighted by Gasteiger charge is 2.21. The zero-order valence-electron chi connectivity index (χ0n) is 17.4. The summed E-state index contributed by atoms with van der Waals surface area (Å²) in [5, 5.41) is 13.4. The molecule has 1 aromatic carbocycles. The molecular formula is C21H24N6O2S. The first-order chi connectivity index (χ1) is 14.6. The van der Waals surface area contributed by atoms with Crippen molar-refractivity contribution in [2.45, 2.75) is 31.2 Å². The van der Waals surface area contributed by atoms with E-state index >= 15 is 0 Å². The normalized spacial score (nSPS) is 12.3. The van der Waals surface area contributed by atoms with Crippen LogP contribution in [0.15, 0.2) is 56.8 Å². The predicted octanol–water partition coefficient (Wildman–Crippen LogP) is 4.82. The Morgan fingerprint density at radius 2 is 1.87 bits per heavy atom.